The average Bonchev–Trinajstić information content (AvgIpc) is 3.48. The maximum atomic E-state index is 13.4. The third kappa shape index (κ3) is 3.70. The highest BCUT2D eigenvalue weighted by Gasteiger charge is 2.26. The first kappa shape index (κ1) is 20.8. The summed E-state index contributed by atoms with van der Waals surface area (Å²) < 4.78 is 2.03. The van der Waals surface area contributed by atoms with E-state index < -0.39 is 0 Å². The summed E-state index contributed by atoms with van der Waals surface area (Å²) in [5.74, 6) is 0.699. The van der Waals surface area contributed by atoms with Crippen molar-refractivity contribution >= 4 is 56.6 Å². The molecule has 0 spiro atoms. The number of benzene rings is 3. The molecule has 0 bridgehead atoms. The van der Waals surface area contributed by atoms with Gasteiger partial charge >= 0.3 is 0 Å². The second kappa shape index (κ2) is 8.54. The summed E-state index contributed by atoms with van der Waals surface area (Å²) >= 11 is 2.86. The molecule has 0 radical (unpaired) electrons. The molecule has 0 saturated carbocycles. The van der Waals surface area contributed by atoms with Crippen molar-refractivity contribution in [2.24, 2.45) is 0 Å². The molecule has 34 heavy (non-hydrogen) atoms. The molecule has 3 N–H and O–H groups in total. The molecule has 3 aromatic heterocycles. The quantitative estimate of drug-likeness (QED) is 0.171. The Hall–Kier alpha value is -3.76. The molecule has 6 aromatic rings. The normalized spacial score (nSPS) is 11.6. The number of H-pyrrole nitrogens is 2. The highest BCUT2D eigenvalue weighted by molar-refractivity contribution is 7.98. The van der Waals surface area contributed by atoms with Crippen LogP contribution in [0, 0.1) is 4.91 Å². The Labute approximate surface area is 201 Å². The number of hydrogen-bond donors (Lipinski definition) is 3. The number of imidazole rings is 2. The Balaban J connectivity index is 1.36. The van der Waals surface area contributed by atoms with Crippen LogP contribution in [0.1, 0.15) is 11.4 Å². The SMILES string of the molecule is O=[n+]1c(CSc2nc3ccccc3[nH]2)c(CSc2nc3ccccc3[nH]2)n(O)c2ccccc21. The van der Waals surface area contributed by atoms with Crippen LogP contribution in [-0.2, 0) is 11.5 Å². The van der Waals surface area contributed by atoms with E-state index in [0.717, 1.165) is 41.5 Å². The number of hydrogen-bond acceptors (Lipinski definition) is 6. The predicted molar refractivity (Wildman–Crippen MR) is 134 cm³/mol. The Bertz CT molecular complexity index is 1660. The number of fused-ring (bicyclic) bond motifs is 3. The molecule has 0 fully saturated rings. The summed E-state index contributed by atoms with van der Waals surface area (Å²) in [5, 5.41) is 12.5. The molecule has 8 nitrogen and oxygen atoms in total. The van der Waals surface area contributed by atoms with E-state index in [9.17, 15) is 10.1 Å². The zero-order valence-electron chi connectivity index (χ0n) is 17.8. The topological polar surface area (TPSA) is 105 Å². The standard InChI is InChI=1S/C24H19N6O2S2/c31-29-19-11-5-6-12-20(19)30(32)22(14-34-24-27-17-9-3-4-10-18(17)28-24)21(29)13-33-23-25-15-7-1-2-8-16(15)26-23/h1-12,31H,13-14H2,(H,25,26)(H,27,28)/q+1. The summed E-state index contributed by atoms with van der Waals surface area (Å²) in [6, 6.07) is 22.6. The lowest BCUT2D eigenvalue weighted by Gasteiger charge is -2.09. The van der Waals surface area contributed by atoms with Crippen LogP contribution >= 0.6 is 23.5 Å². The van der Waals surface area contributed by atoms with Crippen LogP contribution in [0.3, 0.4) is 0 Å². The number of nitrogens with one attached hydrogen (secondary N) is 2. The minimum Gasteiger partial charge on any atom is -0.428 e. The largest absolute Gasteiger partial charge is 0.428 e. The maximum absolute atomic E-state index is 13.4. The number of rotatable bonds is 6. The fourth-order valence-corrected chi connectivity index (χ4v) is 5.71. The van der Waals surface area contributed by atoms with Gasteiger partial charge in [-0.3, -0.25) is 0 Å². The van der Waals surface area contributed by atoms with Crippen molar-refractivity contribution in [1.82, 2.24) is 24.7 Å². The predicted octanol–water partition coefficient (Wildman–Crippen LogP) is 5.13. The zero-order valence-corrected chi connectivity index (χ0v) is 19.4. The summed E-state index contributed by atoms with van der Waals surface area (Å²) in [6.07, 6.45) is 0. The molecule has 6 rings (SSSR count). The molecule has 0 atom stereocenters. The molecular weight excluding hydrogens is 468 g/mol. The van der Waals surface area contributed by atoms with Gasteiger partial charge in [0.1, 0.15) is 5.69 Å². The Morgan fingerprint density at radius 1 is 0.794 bits per heavy atom. The molecule has 10 heteroatoms. The zero-order chi connectivity index (χ0) is 23.1. The monoisotopic (exact) mass is 487 g/mol. The second-order valence-electron chi connectivity index (χ2n) is 7.68. The van der Waals surface area contributed by atoms with Crippen molar-refractivity contribution in [3.8, 4) is 0 Å². The van der Waals surface area contributed by atoms with Gasteiger partial charge in [-0.05, 0) is 30.3 Å². The molecule has 0 aliphatic heterocycles. The van der Waals surface area contributed by atoms with Crippen LogP contribution in [0.15, 0.2) is 83.1 Å². The summed E-state index contributed by atoms with van der Waals surface area (Å²) in [5.41, 5.74) is 5.48. The van der Waals surface area contributed by atoms with E-state index in [1.54, 1.807) is 24.3 Å². The van der Waals surface area contributed by atoms with E-state index in [-0.39, 0.29) is 0 Å². The first-order valence-electron chi connectivity index (χ1n) is 10.6. The highest BCUT2D eigenvalue weighted by atomic mass is 32.2. The lowest BCUT2D eigenvalue weighted by Crippen LogP contribution is -2.28. The molecule has 3 heterocycles. The summed E-state index contributed by atoms with van der Waals surface area (Å²) in [7, 11) is 0. The third-order valence-electron chi connectivity index (χ3n) is 5.59. The van der Waals surface area contributed by atoms with Crippen LogP contribution in [0.5, 0.6) is 0 Å². The van der Waals surface area contributed by atoms with E-state index >= 15 is 0 Å². The van der Waals surface area contributed by atoms with Gasteiger partial charge in [-0.15, -0.1) is 0 Å². The lowest BCUT2D eigenvalue weighted by atomic mass is 10.2. The van der Waals surface area contributed by atoms with Gasteiger partial charge in [0.05, 0.1) is 38.0 Å². The molecule has 0 aliphatic rings. The van der Waals surface area contributed by atoms with Crippen molar-refractivity contribution in [3.05, 3.63) is 89.1 Å². The number of thioether (sulfide) groups is 2. The molecule has 3 aromatic carbocycles. The molecule has 0 amide bonds. The van der Waals surface area contributed by atoms with Crippen molar-refractivity contribution in [2.75, 3.05) is 0 Å². The molecule has 0 aliphatic carbocycles. The minimum absolute atomic E-state index is 0.338. The third-order valence-corrected chi connectivity index (χ3v) is 7.36. The van der Waals surface area contributed by atoms with Gasteiger partial charge in [-0.2, -0.15) is 4.73 Å². The van der Waals surface area contributed by atoms with Crippen LogP contribution in [0.25, 0.3) is 33.1 Å². The van der Waals surface area contributed by atoms with Gasteiger partial charge in [0, 0.05) is 11.0 Å². The fraction of sp³-hybridized carbons (Fsp3) is 0.0833. The summed E-state index contributed by atoms with van der Waals surface area (Å²) in [6.45, 7) is 0. The van der Waals surface area contributed by atoms with E-state index in [2.05, 4.69) is 19.9 Å². The smallest absolute Gasteiger partial charge is 0.290 e. The van der Waals surface area contributed by atoms with E-state index in [0.29, 0.717) is 33.9 Å². The lowest BCUT2D eigenvalue weighted by molar-refractivity contribution is -0.475. The van der Waals surface area contributed by atoms with Crippen molar-refractivity contribution in [1.29, 1.82) is 0 Å². The Morgan fingerprint density at radius 2 is 1.35 bits per heavy atom. The van der Waals surface area contributed by atoms with Gasteiger partial charge in [-0.25, -0.2) is 9.97 Å². The van der Waals surface area contributed by atoms with E-state index in [4.69, 9.17) is 0 Å². The van der Waals surface area contributed by atoms with Gasteiger partial charge in [-0.1, -0.05) is 59.9 Å². The molecule has 0 saturated heterocycles. The number of nitrogens with zero attached hydrogens (tertiary/aromatic N) is 4. The van der Waals surface area contributed by atoms with E-state index in [1.807, 2.05) is 48.5 Å². The van der Waals surface area contributed by atoms with Gasteiger partial charge in [0.2, 0.25) is 0 Å². The second-order valence-corrected chi connectivity index (χ2v) is 9.61. The van der Waals surface area contributed by atoms with Crippen LogP contribution in [0.4, 0.5) is 0 Å². The van der Waals surface area contributed by atoms with Crippen molar-refractivity contribution in [2.45, 2.75) is 21.8 Å². The van der Waals surface area contributed by atoms with Gasteiger partial charge in [0.25, 0.3) is 11.2 Å². The van der Waals surface area contributed by atoms with Crippen LogP contribution < -0.4 is 4.43 Å². The summed E-state index contributed by atoms with van der Waals surface area (Å²) in [4.78, 5) is 29.1. The van der Waals surface area contributed by atoms with Crippen LogP contribution in [-0.4, -0.2) is 29.9 Å². The number of aromatic amines is 2. The first-order chi connectivity index (χ1) is 16.7. The number of para-hydroxylation sites is 6. The highest BCUT2D eigenvalue weighted by Crippen LogP contribution is 2.28. The van der Waals surface area contributed by atoms with Gasteiger partial charge < -0.3 is 15.2 Å². The average molecular weight is 488 g/mol. The fourth-order valence-electron chi connectivity index (χ4n) is 3.90. The Kier molecular flexibility index (Phi) is 5.23. The molecular formula is C24H19N6O2S2+. The Morgan fingerprint density at radius 3 is 2.00 bits per heavy atom. The van der Waals surface area contributed by atoms with Gasteiger partial charge in [0.15, 0.2) is 15.8 Å². The van der Waals surface area contributed by atoms with E-state index in [1.165, 1.54) is 23.5 Å². The molecule has 0 unspecified atom stereocenters. The minimum atomic E-state index is 0.338. The number of aromatic nitrogens is 6. The van der Waals surface area contributed by atoms with Crippen molar-refractivity contribution in [3.63, 3.8) is 0 Å². The molecule has 168 valence electrons. The first-order valence-corrected chi connectivity index (χ1v) is 12.6. The maximum Gasteiger partial charge on any atom is 0.290 e. The van der Waals surface area contributed by atoms with Crippen molar-refractivity contribution < 1.29 is 9.63 Å². The van der Waals surface area contributed by atoms with Crippen LogP contribution in [0.2, 0.25) is 0 Å².